The Balaban J connectivity index is 1.80. The minimum Gasteiger partial charge on any atom is -0.493 e. The summed E-state index contributed by atoms with van der Waals surface area (Å²) >= 11 is 0.954. The van der Waals surface area contributed by atoms with Crippen molar-refractivity contribution in [2.24, 2.45) is 5.73 Å². The van der Waals surface area contributed by atoms with Crippen LogP contribution in [0, 0.1) is 0 Å². The second-order valence-electron chi connectivity index (χ2n) is 7.49. The molecule has 0 aliphatic rings. The monoisotopic (exact) mass is 491 g/mol. The first-order valence-electron chi connectivity index (χ1n) is 9.55. The summed E-state index contributed by atoms with van der Waals surface area (Å²) in [6.07, 6.45) is -9.28. The molecule has 33 heavy (non-hydrogen) atoms. The van der Waals surface area contributed by atoms with Crippen LogP contribution in [-0.2, 0) is 24.3 Å². The molecule has 0 amide bonds. The molecule has 178 valence electrons. The van der Waals surface area contributed by atoms with Gasteiger partial charge in [0.05, 0.1) is 29.9 Å². The number of aliphatic hydroxyl groups excluding tert-OH is 1. The van der Waals surface area contributed by atoms with Gasteiger partial charge in [-0.3, -0.25) is 0 Å². The fourth-order valence-corrected chi connectivity index (χ4v) is 3.72. The van der Waals surface area contributed by atoms with Gasteiger partial charge in [0.25, 0.3) is 0 Å². The Bertz CT molecular complexity index is 1110. The van der Waals surface area contributed by atoms with Crippen molar-refractivity contribution in [3.8, 4) is 16.3 Å². The van der Waals surface area contributed by atoms with Gasteiger partial charge in [0.2, 0.25) is 0 Å². The molecule has 3 aromatic rings. The number of benzene rings is 2. The summed E-state index contributed by atoms with van der Waals surface area (Å²) in [5, 5.41) is 17.5. The summed E-state index contributed by atoms with van der Waals surface area (Å²) in [5.41, 5.74) is 3.21. The minimum absolute atomic E-state index is 0.0149. The van der Waals surface area contributed by atoms with Gasteiger partial charge in [-0.25, -0.2) is 0 Å². The first-order valence-corrected chi connectivity index (χ1v) is 10.4. The van der Waals surface area contributed by atoms with Crippen molar-refractivity contribution in [3.05, 3.63) is 64.2 Å². The van der Waals surface area contributed by atoms with Crippen molar-refractivity contribution in [1.29, 1.82) is 0 Å². The number of alkyl halides is 6. The van der Waals surface area contributed by atoms with E-state index in [1.807, 2.05) is 0 Å². The molecule has 12 heteroatoms. The van der Waals surface area contributed by atoms with Crippen molar-refractivity contribution < 1.29 is 36.2 Å². The van der Waals surface area contributed by atoms with Gasteiger partial charge in [-0.2, -0.15) is 26.3 Å². The maximum absolute atomic E-state index is 13.6. The van der Waals surface area contributed by atoms with Gasteiger partial charge >= 0.3 is 12.4 Å². The normalized spacial score (nSPS) is 14.2. The zero-order chi connectivity index (χ0) is 24.4. The SMILES string of the molecule is C[C@](N)(CO)c1nnc(-c2ccc(OCCc3cccc(C(F)(F)F)c3)c(C(F)(F)F)c2)s1. The molecule has 3 N–H and O–H groups in total. The van der Waals surface area contributed by atoms with Gasteiger partial charge in [0.15, 0.2) is 0 Å². The molecule has 0 radical (unpaired) electrons. The van der Waals surface area contributed by atoms with E-state index >= 15 is 0 Å². The third-order valence-electron chi connectivity index (χ3n) is 4.68. The molecular weight excluding hydrogens is 472 g/mol. The van der Waals surface area contributed by atoms with Crippen LogP contribution in [-0.4, -0.2) is 28.5 Å². The highest BCUT2D eigenvalue weighted by Crippen LogP contribution is 2.40. The minimum atomic E-state index is -4.75. The topological polar surface area (TPSA) is 81.3 Å². The fourth-order valence-electron chi connectivity index (χ4n) is 2.83. The van der Waals surface area contributed by atoms with Crippen LogP contribution in [0.5, 0.6) is 5.75 Å². The van der Waals surface area contributed by atoms with Gasteiger partial charge in [-0.15, -0.1) is 10.2 Å². The van der Waals surface area contributed by atoms with Crippen LogP contribution in [0.3, 0.4) is 0 Å². The lowest BCUT2D eigenvalue weighted by Crippen LogP contribution is -2.36. The molecule has 0 aliphatic heterocycles. The van der Waals surface area contributed by atoms with Gasteiger partial charge < -0.3 is 15.6 Å². The van der Waals surface area contributed by atoms with Gasteiger partial charge in [-0.1, -0.05) is 29.5 Å². The molecule has 0 unspecified atom stereocenters. The molecule has 1 atom stereocenters. The Morgan fingerprint density at radius 2 is 1.73 bits per heavy atom. The Labute approximate surface area is 188 Å². The maximum Gasteiger partial charge on any atom is 0.419 e. The zero-order valence-corrected chi connectivity index (χ0v) is 18.0. The number of hydrogen-bond donors (Lipinski definition) is 2. The van der Waals surface area contributed by atoms with E-state index in [4.69, 9.17) is 10.5 Å². The number of nitrogens with zero attached hydrogens (tertiary/aromatic N) is 2. The predicted octanol–water partition coefficient (Wildman–Crippen LogP) is 5.03. The third-order valence-corrected chi connectivity index (χ3v) is 5.93. The van der Waals surface area contributed by atoms with Crippen LogP contribution in [0.25, 0.3) is 10.6 Å². The van der Waals surface area contributed by atoms with E-state index in [1.165, 1.54) is 25.1 Å². The van der Waals surface area contributed by atoms with E-state index < -0.39 is 41.4 Å². The number of aromatic nitrogens is 2. The van der Waals surface area contributed by atoms with Crippen LogP contribution in [0.15, 0.2) is 42.5 Å². The Morgan fingerprint density at radius 1 is 1.00 bits per heavy atom. The van der Waals surface area contributed by atoms with E-state index in [1.54, 1.807) is 0 Å². The maximum atomic E-state index is 13.6. The van der Waals surface area contributed by atoms with Crippen LogP contribution >= 0.6 is 11.3 Å². The third kappa shape index (κ3) is 6.01. The lowest BCUT2D eigenvalue weighted by molar-refractivity contribution is -0.139. The van der Waals surface area contributed by atoms with Crippen LogP contribution in [0.4, 0.5) is 26.3 Å². The summed E-state index contributed by atoms with van der Waals surface area (Å²) in [5.74, 6) is -0.456. The largest absolute Gasteiger partial charge is 0.493 e. The molecule has 0 spiro atoms. The fraction of sp³-hybridized carbons (Fsp3) is 0.333. The molecular formula is C21H19F6N3O2S. The summed E-state index contributed by atoms with van der Waals surface area (Å²) in [6, 6.07) is 7.87. The number of halogens is 6. The number of hydrogen-bond acceptors (Lipinski definition) is 6. The van der Waals surface area contributed by atoms with Crippen molar-refractivity contribution in [2.75, 3.05) is 13.2 Å². The summed E-state index contributed by atoms with van der Waals surface area (Å²) < 4.78 is 84.6. The van der Waals surface area contributed by atoms with E-state index in [0.717, 1.165) is 35.6 Å². The number of aliphatic hydroxyl groups is 1. The average Bonchev–Trinajstić information content (AvgIpc) is 3.24. The quantitative estimate of drug-likeness (QED) is 0.453. The molecule has 0 saturated carbocycles. The van der Waals surface area contributed by atoms with E-state index in [2.05, 4.69) is 10.2 Å². The number of nitrogens with two attached hydrogens (primary N) is 1. The molecule has 0 saturated heterocycles. The van der Waals surface area contributed by atoms with Gasteiger partial charge in [-0.05, 0) is 36.8 Å². The molecule has 3 rings (SSSR count). The van der Waals surface area contributed by atoms with Gasteiger partial charge in [0, 0.05) is 12.0 Å². The highest BCUT2D eigenvalue weighted by atomic mass is 32.1. The molecule has 5 nitrogen and oxygen atoms in total. The highest BCUT2D eigenvalue weighted by molar-refractivity contribution is 7.14. The van der Waals surface area contributed by atoms with Crippen molar-refractivity contribution in [1.82, 2.24) is 10.2 Å². The molecule has 1 aromatic heterocycles. The second-order valence-corrected chi connectivity index (χ2v) is 8.47. The highest BCUT2D eigenvalue weighted by Gasteiger charge is 2.35. The predicted molar refractivity (Wildman–Crippen MR) is 110 cm³/mol. The Kier molecular flexibility index (Phi) is 7.01. The lowest BCUT2D eigenvalue weighted by Gasteiger charge is -2.17. The van der Waals surface area contributed by atoms with Crippen molar-refractivity contribution in [2.45, 2.75) is 31.2 Å². The first kappa shape index (κ1) is 24.9. The van der Waals surface area contributed by atoms with E-state index in [-0.39, 0.29) is 34.2 Å². The Morgan fingerprint density at radius 3 is 2.36 bits per heavy atom. The molecule has 0 fully saturated rings. The average molecular weight is 491 g/mol. The molecule has 0 bridgehead atoms. The summed E-state index contributed by atoms with van der Waals surface area (Å²) in [4.78, 5) is 0. The van der Waals surface area contributed by atoms with Crippen molar-refractivity contribution >= 4 is 11.3 Å². The van der Waals surface area contributed by atoms with E-state index in [0.29, 0.717) is 0 Å². The van der Waals surface area contributed by atoms with Gasteiger partial charge in [0.1, 0.15) is 15.8 Å². The van der Waals surface area contributed by atoms with Crippen LogP contribution < -0.4 is 10.5 Å². The first-order chi connectivity index (χ1) is 15.3. The number of ether oxygens (including phenoxy) is 1. The Hall–Kier alpha value is -2.70. The zero-order valence-electron chi connectivity index (χ0n) is 17.2. The number of rotatable bonds is 7. The molecule has 1 heterocycles. The summed E-state index contributed by atoms with van der Waals surface area (Å²) in [7, 11) is 0. The molecule has 2 aromatic carbocycles. The van der Waals surface area contributed by atoms with E-state index in [9.17, 15) is 31.4 Å². The smallest absolute Gasteiger partial charge is 0.419 e. The van der Waals surface area contributed by atoms with Crippen LogP contribution in [0.2, 0.25) is 0 Å². The molecule has 0 aliphatic carbocycles. The standard InChI is InChI=1S/C21H19F6N3O2S/c1-19(28,11-31)18-30-29-17(33-18)13-5-6-16(15(10-13)21(25,26)27)32-8-7-12-3-2-4-14(9-12)20(22,23)24/h2-6,9-10,31H,7-8,11,28H2,1H3/t19-/m0/s1. The lowest BCUT2D eigenvalue weighted by atomic mass is 10.1. The summed E-state index contributed by atoms with van der Waals surface area (Å²) in [6.45, 7) is 0.836. The van der Waals surface area contributed by atoms with Crippen LogP contribution in [0.1, 0.15) is 28.6 Å². The second kappa shape index (κ2) is 9.27. The van der Waals surface area contributed by atoms with Crippen molar-refractivity contribution in [3.63, 3.8) is 0 Å².